The molecule has 146 valence electrons. The molecule has 28 heavy (non-hydrogen) atoms. The lowest BCUT2D eigenvalue weighted by Crippen LogP contribution is -2.37. The van der Waals surface area contributed by atoms with Gasteiger partial charge in [-0.3, -0.25) is 4.79 Å². The zero-order valence-electron chi connectivity index (χ0n) is 16.7. The first-order chi connectivity index (χ1) is 13.5. The molecule has 0 saturated carbocycles. The third-order valence-corrected chi connectivity index (χ3v) is 4.42. The molecule has 1 atom stereocenters. The van der Waals surface area contributed by atoms with Gasteiger partial charge in [0.25, 0.3) is 5.91 Å². The van der Waals surface area contributed by atoms with Gasteiger partial charge in [-0.1, -0.05) is 53.5 Å². The van der Waals surface area contributed by atoms with Crippen molar-refractivity contribution >= 4 is 5.91 Å². The van der Waals surface area contributed by atoms with Crippen molar-refractivity contribution in [2.75, 3.05) is 0 Å². The van der Waals surface area contributed by atoms with Gasteiger partial charge in [0.15, 0.2) is 6.10 Å². The van der Waals surface area contributed by atoms with Crippen LogP contribution in [-0.4, -0.2) is 22.2 Å². The van der Waals surface area contributed by atoms with Crippen LogP contribution in [-0.2, 0) is 11.3 Å². The Morgan fingerprint density at radius 1 is 1.14 bits per heavy atom. The van der Waals surface area contributed by atoms with Gasteiger partial charge >= 0.3 is 0 Å². The number of carbonyl (C=O) groups excluding carboxylic acids is 1. The maximum Gasteiger partial charge on any atom is 0.261 e. The van der Waals surface area contributed by atoms with Crippen LogP contribution in [0.4, 0.5) is 0 Å². The van der Waals surface area contributed by atoms with Gasteiger partial charge in [-0.25, -0.2) is 0 Å². The Balaban J connectivity index is 1.61. The van der Waals surface area contributed by atoms with E-state index in [2.05, 4.69) is 15.5 Å². The summed E-state index contributed by atoms with van der Waals surface area (Å²) in [5, 5.41) is 6.81. The summed E-state index contributed by atoms with van der Waals surface area (Å²) >= 11 is 0. The molecular formula is C22H25N3O3. The minimum absolute atomic E-state index is 0.157. The molecule has 1 amide bonds. The molecule has 0 bridgehead atoms. The van der Waals surface area contributed by atoms with E-state index in [1.54, 1.807) is 0 Å². The zero-order chi connectivity index (χ0) is 20.1. The number of hydrogen-bond acceptors (Lipinski definition) is 5. The maximum absolute atomic E-state index is 12.5. The molecule has 0 aliphatic carbocycles. The van der Waals surface area contributed by atoms with Crippen LogP contribution in [0.3, 0.4) is 0 Å². The van der Waals surface area contributed by atoms with Crippen molar-refractivity contribution in [2.45, 2.75) is 46.8 Å². The number of amides is 1. The highest BCUT2D eigenvalue weighted by Gasteiger charge is 2.20. The molecule has 2 aromatic carbocycles. The predicted molar refractivity (Wildman–Crippen MR) is 107 cm³/mol. The van der Waals surface area contributed by atoms with Gasteiger partial charge in [-0.05, 0) is 44.9 Å². The Hall–Kier alpha value is -3.15. The molecule has 0 aliphatic rings. The predicted octanol–water partition coefficient (Wildman–Crippen LogP) is 4.14. The van der Waals surface area contributed by atoms with Gasteiger partial charge in [-0.15, -0.1) is 0 Å². The third kappa shape index (κ3) is 4.76. The summed E-state index contributed by atoms with van der Waals surface area (Å²) in [5.41, 5.74) is 4.16. The number of nitrogens with one attached hydrogen (secondary N) is 1. The first kappa shape index (κ1) is 19.6. The maximum atomic E-state index is 12.5. The van der Waals surface area contributed by atoms with Crippen LogP contribution < -0.4 is 10.1 Å². The Kier molecular flexibility index (Phi) is 6.09. The Bertz CT molecular complexity index is 965. The van der Waals surface area contributed by atoms with Crippen LogP contribution in [0.2, 0.25) is 0 Å². The largest absolute Gasteiger partial charge is 0.480 e. The molecule has 1 heterocycles. The average molecular weight is 379 g/mol. The minimum Gasteiger partial charge on any atom is -0.480 e. The summed E-state index contributed by atoms with van der Waals surface area (Å²) in [6, 6.07) is 13.8. The van der Waals surface area contributed by atoms with Crippen LogP contribution >= 0.6 is 0 Å². The van der Waals surface area contributed by atoms with Crippen molar-refractivity contribution in [1.82, 2.24) is 15.5 Å². The van der Waals surface area contributed by atoms with Crippen LogP contribution in [0.25, 0.3) is 11.4 Å². The fourth-order valence-corrected chi connectivity index (χ4v) is 2.91. The second kappa shape index (κ2) is 8.69. The molecule has 0 aliphatic heterocycles. The van der Waals surface area contributed by atoms with Gasteiger partial charge in [0.05, 0.1) is 6.54 Å². The summed E-state index contributed by atoms with van der Waals surface area (Å²) in [6.07, 6.45) is -0.0297. The van der Waals surface area contributed by atoms with Crippen LogP contribution in [0.15, 0.2) is 47.0 Å². The summed E-state index contributed by atoms with van der Waals surface area (Å²) in [7, 11) is 0. The van der Waals surface area contributed by atoms with Crippen molar-refractivity contribution in [2.24, 2.45) is 0 Å². The summed E-state index contributed by atoms with van der Waals surface area (Å²) in [6.45, 7) is 8.07. The minimum atomic E-state index is -0.583. The smallest absolute Gasteiger partial charge is 0.261 e. The number of nitrogens with zero attached hydrogens (tertiary/aromatic N) is 2. The van der Waals surface area contributed by atoms with E-state index < -0.39 is 6.10 Å². The second-order valence-corrected chi connectivity index (χ2v) is 6.88. The quantitative estimate of drug-likeness (QED) is 0.668. The Morgan fingerprint density at radius 3 is 2.64 bits per heavy atom. The average Bonchev–Trinajstić information content (AvgIpc) is 3.15. The molecule has 0 saturated heterocycles. The van der Waals surface area contributed by atoms with E-state index in [-0.39, 0.29) is 12.5 Å². The third-order valence-electron chi connectivity index (χ3n) is 4.42. The van der Waals surface area contributed by atoms with E-state index in [1.165, 1.54) is 0 Å². The molecule has 6 heteroatoms. The molecule has 1 N–H and O–H groups in total. The molecular weight excluding hydrogens is 354 g/mol. The SMILES string of the molecule is CC[C@@H](Oc1ccc(C)cc1C)C(=O)NCc1nc(-c2cccc(C)c2)no1. The number of aryl methyl sites for hydroxylation is 3. The van der Waals surface area contributed by atoms with E-state index in [0.29, 0.717) is 23.9 Å². The Morgan fingerprint density at radius 2 is 1.93 bits per heavy atom. The second-order valence-electron chi connectivity index (χ2n) is 6.88. The molecule has 0 radical (unpaired) electrons. The van der Waals surface area contributed by atoms with E-state index in [0.717, 1.165) is 22.3 Å². The number of hydrogen-bond donors (Lipinski definition) is 1. The normalized spacial score (nSPS) is 11.9. The molecule has 0 unspecified atom stereocenters. The molecule has 0 fully saturated rings. The zero-order valence-corrected chi connectivity index (χ0v) is 16.7. The van der Waals surface area contributed by atoms with Crippen molar-refractivity contribution in [1.29, 1.82) is 0 Å². The number of benzene rings is 2. The van der Waals surface area contributed by atoms with Crippen LogP contribution in [0, 0.1) is 20.8 Å². The first-order valence-electron chi connectivity index (χ1n) is 9.37. The van der Waals surface area contributed by atoms with Gasteiger partial charge in [0.2, 0.25) is 11.7 Å². The number of aromatic nitrogens is 2. The van der Waals surface area contributed by atoms with Crippen LogP contribution in [0.1, 0.15) is 35.9 Å². The number of rotatable bonds is 7. The van der Waals surface area contributed by atoms with E-state index in [1.807, 2.05) is 70.2 Å². The van der Waals surface area contributed by atoms with Gasteiger partial charge in [-0.2, -0.15) is 4.98 Å². The van der Waals surface area contributed by atoms with Crippen LogP contribution in [0.5, 0.6) is 5.75 Å². The lowest BCUT2D eigenvalue weighted by molar-refractivity contribution is -0.128. The van der Waals surface area contributed by atoms with Crippen molar-refractivity contribution < 1.29 is 14.1 Å². The molecule has 3 aromatic rings. The topological polar surface area (TPSA) is 77.2 Å². The van der Waals surface area contributed by atoms with Crippen molar-refractivity contribution in [3.05, 3.63) is 65.0 Å². The van der Waals surface area contributed by atoms with E-state index in [4.69, 9.17) is 9.26 Å². The molecule has 6 nitrogen and oxygen atoms in total. The highest BCUT2D eigenvalue weighted by Crippen LogP contribution is 2.21. The monoisotopic (exact) mass is 379 g/mol. The first-order valence-corrected chi connectivity index (χ1v) is 9.37. The lowest BCUT2D eigenvalue weighted by Gasteiger charge is -2.18. The molecule has 0 spiro atoms. The summed E-state index contributed by atoms with van der Waals surface area (Å²) in [4.78, 5) is 16.9. The van der Waals surface area contributed by atoms with Gasteiger partial charge < -0.3 is 14.6 Å². The van der Waals surface area contributed by atoms with Gasteiger partial charge in [0.1, 0.15) is 5.75 Å². The highest BCUT2D eigenvalue weighted by molar-refractivity contribution is 5.81. The van der Waals surface area contributed by atoms with Crippen molar-refractivity contribution in [3.63, 3.8) is 0 Å². The summed E-state index contributed by atoms with van der Waals surface area (Å²) < 4.78 is 11.2. The number of carbonyl (C=O) groups is 1. The lowest BCUT2D eigenvalue weighted by atomic mass is 10.1. The van der Waals surface area contributed by atoms with E-state index >= 15 is 0 Å². The van der Waals surface area contributed by atoms with Gasteiger partial charge in [0, 0.05) is 5.56 Å². The molecule has 3 rings (SSSR count). The fraction of sp³-hybridized carbons (Fsp3) is 0.318. The summed E-state index contributed by atoms with van der Waals surface area (Å²) in [5.74, 6) is 1.36. The number of ether oxygens (including phenoxy) is 1. The van der Waals surface area contributed by atoms with Crippen molar-refractivity contribution in [3.8, 4) is 17.1 Å². The Labute approximate surface area is 164 Å². The molecule has 1 aromatic heterocycles. The highest BCUT2D eigenvalue weighted by atomic mass is 16.5. The standard InChI is InChI=1S/C22H25N3O3/c1-5-18(27-19-10-9-15(3)11-16(19)4)22(26)23-13-20-24-21(25-28-20)17-8-6-7-14(2)12-17/h6-12,18H,5,13H2,1-4H3,(H,23,26)/t18-/m1/s1. The fourth-order valence-electron chi connectivity index (χ4n) is 2.91. The van der Waals surface area contributed by atoms with E-state index in [9.17, 15) is 4.79 Å².